The molecule has 0 radical (unpaired) electrons. The number of rotatable bonds is 18. The third-order valence-electron chi connectivity index (χ3n) is 5.13. The number of aliphatic imine (C=N–C) groups is 1. The average molecular weight is 438 g/mol. The Kier molecular flexibility index (Phi) is 17.1. The minimum Gasteiger partial charge on any atom is -0.478 e. The van der Waals surface area contributed by atoms with Gasteiger partial charge in [0.2, 0.25) is 0 Å². The van der Waals surface area contributed by atoms with E-state index in [1.165, 1.54) is 32.1 Å². The third kappa shape index (κ3) is 17.6. The first-order valence-electron chi connectivity index (χ1n) is 12.8. The Morgan fingerprint density at radius 1 is 0.656 bits per heavy atom. The van der Waals surface area contributed by atoms with Crippen molar-refractivity contribution in [2.75, 3.05) is 6.61 Å². The molecule has 1 aliphatic rings. The van der Waals surface area contributed by atoms with E-state index in [1.54, 1.807) is 0 Å². The first kappa shape index (κ1) is 27.9. The molecule has 0 N–H and O–H groups in total. The molecule has 0 amide bonds. The van der Waals surface area contributed by atoms with Crippen molar-refractivity contribution in [3.05, 3.63) is 72.9 Å². The van der Waals surface area contributed by atoms with Crippen molar-refractivity contribution in [2.24, 2.45) is 4.99 Å². The Morgan fingerprint density at radius 3 is 1.59 bits per heavy atom. The lowest BCUT2D eigenvalue weighted by Crippen LogP contribution is -2.17. The quantitative estimate of drug-likeness (QED) is 0.155. The Labute approximate surface area is 198 Å². The summed E-state index contributed by atoms with van der Waals surface area (Å²) in [5.41, 5.74) is -0.00860. The maximum atomic E-state index is 5.64. The summed E-state index contributed by atoms with van der Waals surface area (Å²) < 4.78 is 5.64. The van der Waals surface area contributed by atoms with Crippen molar-refractivity contribution in [3.63, 3.8) is 0 Å². The first-order valence-corrected chi connectivity index (χ1v) is 12.8. The van der Waals surface area contributed by atoms with E-state index in [1.807, 2.05) is 0 Å². The van der Waals surface area contributed by atoms with Gasteiger partial charge in [-0.3, -0.25) is 0 Å². The number of allylic oxidation sites excluding steroid dienone is 12. The number of nitrogens with zero attached hydrogens (tertiary/aromatic N) is 1. The highest BCUT2D eigenvalue weighted by atomic mass is 16.5. The van der Waals surface area contributed by atoms with Crippen molar-refractivity contribution in [3.8, 4) is 0 Å². The molecule has 0 aliphatic carbocycles. The summed E-state index contributed by atoms with van der Waals surface area (Å²) in [6.07, 6.45) is 40.5. The monoisotopic (exact) mass is 437 g/mol. The van der Waals surface area contributed by atoms with Crippen molar-refractivity contribution in [1.29, 1.82) is 0 Å². The van der Waals surface area contributed by atoms with Gasteiger partial charge in [0.15, 0.2) is 5.90 Å². The average Bonchev–Trinajstić information content (AvgIpc) is 3.12. The first-order chi connectivity index (χ1) is 15.6. The van der Waals surface area contributed by atoms with E-state index in [0.717, 1.165) is 57.5 Å². The molecule has 178 valence electrons. The Balaban J connectivity index is 1.88. The molecule has 2 nitrogen and oxygen atoms in total. The largest absolute Gasteiger partial charge is 0.478 e. The van der Waals surface area contributed by atoms with Crippen LogP contribution in [0.2, 0.25) is 0 Å². The maximum Gasteiger partial charge on any atom is 0.183 e. The number of unbranched alkanes of at least 4 members (excludes halogenated alkanes) is 4. The summed E-state index contributed by atoms with van der Waals surface area (Å²) in [4.78, 5) is 4.61. The minimum absolute atomic E-state index is 0.00860. The predicted molar refractivity (Wildman–Crippen MR) is 143 cm³/mol. The molecule has 0 unspecified atom stereocenters. The van der Waals surface area contributed by atoms with Crippen LogP contribution in [0.4, 0.5) is 0 Å². The summed E-state index contributed by atoms with van der Waals surface area (Å²) in [5.74, 6) is 0.965. The SMILES string of the molecule is CC/C=C\C/C=C\C/C=C\C/C=C\C/C=C\C/C=C\CCCCCCC1=NC(C)(C)CO1. The van der Waals surface area contributed by atoms with Crippen LogP contribution in [0.5, 0.6) is 0 Å². The fourth-order valence-electron chi connectivity index (χ4n) is 3.32. The molecule has 2 heteroatoms. The van der Waals surface area contributed by atoms with Gasteiger partial charge in [-0.15, -0.1) is 0 Å². The van der Waals surface area contributed by atoms with Gasteiger partial charge < -0.3 is 4.74 Å². The maximum absolute atomic E-state index is 5.64. The molecule has 0 spiro atoms. The molecule has 0 fully saturated rings. The summed E-state index contributed by atoms with van der Waals surface area (Å²) in [5, 5.41) is 0. The molecule has 1 heterocycles. The molecule has 0 atom stereocenters. The second-order valence-corrected chi connectivity index (χ2v) is 8.97. The number of hydrogen-bond donors (Lipinski definition) is 0. The van der Waals surface area contributed by atoms with Crippen LogP contribution in [0.15, 0.2) is 77.9 Å². The molecule has 0 aromatic heterocycles. The van der Waals surface area contributed by atoms with Crippen LogP contribution < -0.4 is 0 Å². The van der Waals surface area contributed by atoms with Crippen molar-refractivity contribution >= 4 is 5.90 Å². The van der Waals surface area contributed by atoms with E-state index in [2.05, 4.69) is 98.7 Å². The molecule has 0 saturated heterocycles. The zero-order valence-electron chi connectivity index (χ0n) is 21.0. The molecule has 32 heavy (non-hydrogen) atoms. The molecule has 0 aromatic rings. The van der Waals surface area contributed by atoms with E-state index in [-0.39, 0.29) is 5.54 Å². The molecular formula is C30H47NO. The van der Waals surface area contributed by atoms with Crippen LogP contribution in [0.25, 0.3) is 0 Å². The summed E-state index contributed by atoms with van der Waals surface area (Å²) in [6.45, 7) is 7.17. The highest BCUT2D eigenvalue weighted by molar-refractivity contribution is 5.78. The summed E-state index contributed by atoms with van der Waals surface area (Å²) >= 11 is 0. The van der Waals surface area contributed by atoms with Gasteiger partial charge in [-0.05, 0) is 71.6 Å². The lowest BCUT2D eigenvalue weighted by atomic mass is 10.1. The molecular weight excluding hydrogens is 390 g/mol. The molecule has 0 bridgehead atoms. The van der Waals surface area contributed by atoms with Gasteiger partial charge in [-0.1, -0.05) is 92.7 Å². The van der Waals surface area contributed by atoms with Crippen molar-refractivity contribution < 1.29 is 4.74 Å². The molecule has 1 rings (SSSR count). The van der Waals surface area contributed by atoms with Crippen LogP contribution in [0.3, 0.4) is 0 Å². The smallest absolute Gasteiger partial charge is 0.183 e. The van der Waals surface area contributed by atoms with Gasteiger partial charge in [0, 0.05) is 6.42 Å². The van der Waals surface area contributed by atoms with E-state index in [0.29, 0.717) is 0 Å². The summed E-state index contributed by atoms with van der Waals surface area (Å²) in [7, 11) is 0. The van der Waals surface area contributed by atoms with Gasteiger partial charge >= 0.3 is 0 Å². The normalized spacial score (nSPS) is 16.7. The van der Waals surface area contributed by atoms with E-state index < -0.39 is 0 Å². The van der Waals surface area contributed by atoms with Gasteiger partial charge in [0.1, 0.15) is 6.61 Å². The highest BCUT2D eigenvalue weighted by Crippen LogP contribution is 2.19. The zero-order chi connectivity index (χ0) is 23.2. The van der Waals surface area contributed by atoms with Crippen LogP contribution in [0, 0.1) is 0 Å². The number of hydrogen-bond acceptors (Lipinski definition) is 2. The fraction of sp³-hybridized carbons (Fsp3) is 0.567. The third-order valence-corrected chi connectivity index (χ3v) is 5.13. The van der Waals surface area contributed by atoms with E-state index in [4.69, 9.17) is 4.74 Å². The Morgan fingerprint density at radius 2 is 1.12 bits per heavy atom. The predicted octanol–water partition coefficient (Wildman–Crippen LogP) is 9.23. The molecule has 0 saturated carbocycles. The second-order valence-electron chi connectivity index (χ2n) is 8.97. The lowest BCUT2D eigenvalue weighted by Gasteiger charge is -2.07. The fourth-order valence-corrected chi connectivity index (χ4v) is 3.32. The van der Waals surface area contributed by atoms with Crippen LogP contribution in [-0.2, 0) is 4.74 Å². The van der Waals surface area contributed by atoms with Gasteiger partial charge in [0.05, 0.1) is 5.54 Å². The Bertz CT molecular complexity index is 658. The van der Waals surface area contributed by atoms with Gasteiger partial charge in [-0.25, -0.2) is 4.99 Å². The van der Waals surface area contributed by atoms with E-state index >= 15 is 0 Å². The van der Waals surface area contributed by atoms with Crippen molar-refractivity contribution in [1.82, 2.24) is 0 Å². The van der Waals surface area contributed by atoms with Crippen molar-refractivity contribution in [2.45, 2.75) is 103 Å². The van der Waals surface area contributed by atoms with Crippen LogP contribution in [0.1, 0.15) is 97.8 Å². The molecule has 1 aliphatic heterocycles. The molecule has 0 aromatic carbocycles. The van der Waals surface area contributed by atoms with Gasteiger partial charge in [0.25, 0.3) is 0 Å². The second kappa shape index (κ2) is 19.6. The standard InChI is InChI=1S/C30H47NO/c1-4-5-6-7-8-9-10-11-12-13-14-15-16-17-18-19-20-21-22-23-24-25-26-27-29-31-30(2,3)28-32-29/h5-6,8-9,11-12,14-15,17-18,20-21H,4,7,10,13,16,19,22-28H2,1-3H3/b6-5-,9-8-,12-11-,15-14-,18-17-,21-20-. The van der Waals surface area contributed by atoms with E-state index in [9.17, 15) is 0 Å². The lowest BCUT2D eigenvalue weighted by molar-refractivity contribution is 0.273. The van der Waals surface area contributed by atoms with Crippen LogP contribution >= 0.6 is 0 Å². The van der Waals surface area contributed by atoms with Gasteiger partial charge in [-0.2, -0.15) is 0 Å². The summed E-state index contributed by atoms with van der Waals surface area (Å²) in [6, 6.07) is 0. The van der Waals surface area contributed by atoms with Crippen LogP contribution in [-0.4, -0.2) is 18.0 Å². The zero-order valence-corrected chi connectivity index (χ0v) is 21.0. The topological polar surface area (TPSA) is 21.6 Å². The number of ether oxygens (including phenoxy) is 1. The Hall–Kier alpha value is -2.09. The minimum atomic E-state index is -0.00860. The highest BCUT2D eigenvalue weighted by Gasteiger charge is 2.25.